The van der Waals surface area contributed by atoms with E-state index in [0.29, 0.717) is 23.2 Å². The number of para-hydroxylation sites is 2. The van der Waals surface area contributed by atoms with E-state index in [0.717, 1.165) is 16.8 Å². The van der Waals surface area contributed by atoms with E-state index in [1.807, 2.05) is 60.7 Å². The van der Waals surface area contributed by atoms with E-state index < -0.39 is 0 Å². The van der Waals surface area contributed by atoms with Crippen molar-refractivity contribution in [3.05, 3.63) is 89.5 Å². The van der Waals surface area contributed by atoms with E-state index in [4.69, 9.17) is 21.7 Å². The van der Waals surface area contributed by atoms with Gasteiger partial charge in [-0.05, 0) is 49.0 Å². The van der Waals surface area contributed by atoms with Crippen LogP contribution in [0.3, 0.4) is 0 Å². The fourth-order valence-electron chi connectivity index (χ4n) is 2.75. The molecule has 2 N–H and O–H groups in total. The average molecular weight is 406 g/mol. The fraction of sp³-hybridized carbons (Fsp3) is 0.130. The van der Waals surface area contributed by atoms with Gasteiger partial charge in [-0.2, -0.15) is 5.10 Å². The topological polar surface area (TPSA) is 54.9 Å². The van der Waals surface area contributed by atoms with E-state index >= 15 is 0 Å². The highest BCUT2D eigenvalue weighted by Gasteiger charge is 2.10. The maximum absolute atomic E-state index is 6.06. The van der Waals surface area contributed by atoms with Gasteiger partial charge in [0.15, 0.2) is 16.6 Å². The summed E-state index contributed by atoms with van der Waals surface area (Å²) in [6, 6.07) is 23.5. The Morgan fingerprint density at radius 3 is 2.59 bits per heavy atom. The molecule has 0 spiro atoms. The van der Waals surface area contributed by atoms with Gasteiger partial charge in [-0.15, -0.1) is 0 Å². The number of methoxy groups -OCH3 is 1. The second-order valence-corrected chi connectivity index (χ2v) is 6.75. The van der Waals surface area contributed by atoms with Gasteiger partial charge in [-0.3, -0.25) is 5.43 Å². The number of rotatable bonds is 7. The molecular weight excluding hydrogens is 382 g/mol. The lowest BCUT2D eigenvalue weighted by Crippen LogP contribution is -2.23. The Balaban J connectivity index is 1.68. The Hall–Kier alpha value is -3.38. The van der Waals surface area contributed by atoms with E-state index in [9.17, 15) is 0 Å². The fourth-order valence-corrected chi connectivity index (χ4v) is 2.92. The van der Waals surface area contributed by atoms with Crippen LogP contribution >= 0.6 is 12.2 Å². The van der Waals surface area contributed by atoms with Gasteiger partial charge in [0.2, 0.25) is 0 Å². The second kappa shape index (κ2) is 10.2. The molecule has 0 atom stereocenters. The van der Waals surface area contributed by atoms with E-state index in [1.54, 1.807) is 13.3 Å². The molecule has 0 bridgehead atoms. The Morgan fingerprint density at radius 1 is 1.03 bits per heavy atom. The van der Waals surface area contributed by atoms with Crippen molar-refractivity contribution in [3.8, 4) is 11.5 Å². The van der Waals surface area contributed by atoms with Gasteiger partial charge < -0.3 is 14.8 Å². The molecule has 0 saturated carbocycles. The Morgan fingerprint density at radius 2 is 1.83 bits per heavy atom. The molecule has 0 aliphatic heterocycles. The van der Waals surface area contributed by atoms with Crippen molar-refractivity contribution in [2.24, 2.45) is 5.10 Å². The number of thiocarbonyl (C=S) groups is 1. The Labute approximate surface area is 176 Å². The second-order valence-electron chi connectivity index (χ2n) is 6.35. The molecule has 0 fully saturated rings. The van der Waals surface area contributed by atoms with Gasteiger partial charge in [0.1, 0.15) is 6.61 Å². The van der Waals surface area contributed by atoms with Gasteiger partial charge in [0.25, 0.3) is 0 Å². The monoisotopic (exact) mass is 405 g/mol. The number of hydrogen-bond donors (Lipinski definition) is 2. The van der Waals surface area contributed by atoms with Crippen molar-refractivity contribution in [1.29, 1.82) is 0 Å². The SMILES string of the molecule is COc1cccc(/C=N/NC(=S)Nc2ccccc2)c1OCc1cccc(C)c1. The summed E-state index contributed by atoms with van der Waals surface area (Å²) in [5, 5.41) is 7.70. The summed E-state index contributed by atoms with van der Waals surface area (Å²) >= 11 is 5.27. The van der Waals surface area contributed by atoms with E-state index in [1.165, 1.54) is 5.56 Å². The highest BCUT2D eigenvalue weighted by molar-refractivity contribution is 7.80. The Kier molecular flexibility index (Phi) is 7.19. The first kappa shape index (κ1) is 20.4. The summed E-state index contributed by atoms with van der Waals surface area (Å²) in [5.74, 6) is 1.27. The van der Waals surface area contributed by atoms with Gasteiger partial charge in [0.05, 0.1) is 13.3 Å². The van der Waals surface area contributed by atoms with Crippen LogP contribution in [0.2, 0.25) is 0 Å². The molecule has 0 aromatic heterocycles. The number of nitrogens with one attached hydrogen (secondary N) is 2. The zero-order chi connectivity index (χ0) is 20.5. The van der Waals surface area contributed by atoms with Gasteiger partial charge in [0, 0.05) is 11.3 Å². The number of aryl methyl sites for hydroxylation is 1. The quantitative estimate of drug-likeness (QED) is 0.333. The van der Waals surface area contributed by atoms with Crippen molar-refractivity contribution >= 4 is 29.2 Å². The zero-order valence-corrected chi connectivity index (χ0v) is 17.2. The zero-order valence-electron chi connectivity index (χ0n) is 16.4. The van der Waals surface area contributed by atoms with Gasteiger partial charge in [-0.1, -0.05) is 54.1 Å². The molecule has 3 rings (SSSR count). The van der Waals surface area contributed by atoms with Crippen LogP contribution in [0.25, 0.3) is 0 Å². The van der Waals surface area contributed by atoms with Crippen LogP contribution in [0.4, 0.5) is 5.69 Å². The summed E-state index contributed by atoms with van der Waals surface area (Å²) in [6.45, 7) is 2.49. The number of hydrogen-bond acceptors (Lipinski definition) is 4. The summed E-state index contributed by atoms with van der Waals surface area (Å²) in [4.78, 5) is 0. The highest BCUT2D eigenvalue weighted by Crippen LogP contribution is 2.30. The van der Waals surface area contributed by atoms with Crippen molar-refractivity contribution < 1.29 is 9.47 Å². The van der Waals surface area contributed by atoms with Crippen molar-refractivity contribution in [2.75, 3.05) is 12.4 Å². The molecule has 0 heterocycles. The third-order valence-corrected chi connectivity index (χ3v) is 4.29. The first-order chi connectivity index (χ1) is 14.2. The largest absolute Gasteiger partial charge is 0.493 e. The first-order valence-electron chi connectivity index (χ1n) is 9.16. The number of anilines is 1. The summed E-state index contributed by atoms with van der Waals surface area (Å²) in [5.41, 5.74) is 6.77. The van der Waals surface area contributed by atoms with Crippen LogP contribution in [0, 0.1) is 6.92 Å². The molecule has 3 aromatic rings. The number of nitrogens with zero attached hydrogens (tertiary/aromatic N) is 1. The molecule has 0 unspecified atom stereocenters. The lowest BCUT2D eigenvalue weighted by Gasteiger charge is -2.13. The van der Waals surface area contributed by atoms with E-state index in [-0.39, 0.29) is 0 Å². The molecule has 29 heavy (non-hydrogen) atoms. The molecule has 5 nitrogen and oxygen atoms in total. The van der Waals surface area contributed by atoms with Crippen molar-refractivity contribution in [3.63, 3.8) is 0 Å². The third kappa shape index (κ3) is 6.05. The minimum Gasteiger partial charge on any atom is -0.493 e. The molecule has 0 saturated heterocycles. The molecule has 148 valence electrons. The first-order valence-corrected chi connectivity index (χ1v) is 9.57. The molecular formula is C23H23N3O2S. The molecule has 0 aliphatic carbocycles. The Bertz CT molecular complexity index is 990. The van der Waals surface area contributed by atoms with Crippen LogP contribution in [-0.2, 0) is 6.61 Å². The summed E-state index contributed by atoms with van der Waals surface area (Å²) in [7, 11) is 1.62. The van der Waals surface area contributed by atoms with Gasteiger partial charge >= 0.3 is 0 Å². The molecule has 0 aliphatic rings. The van der Waals surface area contributed by atoms with Crippen LogP contribution in [0.1, 0.15) is 16.7 Å². The predicted octanol–water partition coefficient (Wildman–Crippen LogP) is 4.90. The lowest BCUT2D eigenvalue weighted by molar-refractivity contribution is 0.284. The number of hydrazone groups is 1. The van der Waals surface area contributed by atoms with Crippen LogP contribution in [0.5, 0.6) is 11.5 Å². The minimum atomic E-state index is 0.401. The highest BCUT2D eigenvalue weighted by atomic mass is 32.1. The third-order valence-electron chi connectivity index (χ3n) is 4.10. The normalized spacial score (nSPS) is 10.6. The standard InChI is InChI=1S/C23H23N3O2S/c1-17-8-6-9-18(14-17)16-28-22-19(10-7-13-21(22)27-2)15-24-26-23(29)25-20-11-4-3-5-12-20/h3-15H,16H2,1-2H3,(H2,25,26,29)/b24-15+. The minimum absolute atomic E-state index is 0.401. The molecule has 6 heteroatoms. The van der Waals surface area contributed by atoms with Crippen molar-refractivity contribution in [1.82, 2.24) is 5.43 Å². The smallest absolute Gasteiger partial charge is 0.191 e. The van der Waals surface area contributed by atoms with E-state index in [2.05, 4.69) is 34.9 Å². The molecule has 3 aromatic carbocycles. The lowest BCUT2D eigenvalue weighted by atomic mass is 10.1. The maximum atomic E-state index is 6.06. The number of ether oxygens (including phenoxy) is 2. The van der Waals surface area contributed by atoms with Crippen LogP contribution in [0.15, 0.2) is 77.9 Å². The maximum Gasteiger partial charge on any atom is 0.191 e. The van der Waals surface area contributed by atoms with Crippen LogP contribution in [-0.4, -0.2) is 18.4 Å². The average Bonchev–Trinajstić information content (AvgIpc) is 2.73. The van der Waals surface area contributed by atoms with Crippen molar-refractivity contribution in [2.45, 2.75) is 13.5 Å². The summed E-state index contributed by atoms with van der Waals surface area (Å²) in [6.07, 6.45) is 1.66. The molecule has 0 radical (unpaired) electrons. The predicted molar refractivity (Wildman–Crippen MR) is 122 cm³/mol. The van der Waals surface area contributed by atoms with Crippen LogP contribution < -0.4 is 20.2 Å². The molecule has 0 amide bonds. The van der Waals surface area contributed by atoms with Gasteiger partial charge in [-0.25, -0.2) is 0 Å². The summed E-state index contributed by atoms with van der Waals surface area (Å²) < 4.78 is 11.5. The number of benzene rings is 3.